The number of methoxy groups -OCH3 is 1. The number of nitrogens with two attached hydrogens (primary N) is 1. The van der Waals surface area contributed by atoms with Gasteiger partial charge in [0.05, 0.1) is 7.11 Å². The van der Waals surface area contributed by atoms with Crippen LogP contribution in [0.2, 0.25) is 5.02 Å². The van der Waals surface area contributed by atoms with Gasteiger partial charge in [0.1, 0.15) is 0 Å². The summed E-state index contributed by atoms with van der Waals surface area (Å²) in [4.78, 5) is 10.4. The second-order valence-corrected chi connectivity index (χ2v) is 2.65. The van der Waals surface area contributed by atoms with Gasteiger partial charge in [-0.05, 0) is 12.1 Å². The third-order valence-electron chi connectivity index (χ3n) is 1.34. The number of carbonyl (C=O) groups excluding carboxylic acids is 1. The molecule has 0 fully saturated rings. The maximum atomic E-state index is 10.4. The summed E-state index contributed by atoms with van der Waals surface area (Å²) < 4.78 is 9.56. The lowest BCUT2D eigenvalue weighted by atomic mass is 10.3. The van der Waals surface area contributed by atoms with Crippen LogP contribution in [0.1, 0.15) is 0 Å². The summed E-state index contributed by atoms with van der Waals surface area (Å²) in [5.74, 6) is 0.616. The zero-order chi connectivity index (χ0) is 9.84. The summed E-state index contributed by atoms with van der Waals surface area (Å²) >= 11 is 5.67. The average Bonchev–Trinajstić information content (AvgIpc) is 2.03. The van der Waals surface area contributed by atoms with Gasteiger partial charge < -0.3 is 15.2 Å². The molecule has 0 aliphatic rings. The molecule has 2 N–H and O–H groups in total. The molecule has 0 bridgehead atoms. The molecule has 0 radical (unpaired) electrons. The molecule has 70 valence electrons. The van der Waals surface area contributed by atoms with Gasteiger partial charge in [0, 0.05) is 11.1 Å². The largest absolute Gasteiger partial charge is 0.493 e. The normalized spacial score (nSPS) is 9.38. The number of amides is 1. The van der Waals surface area contributed by atoms with Crippen LogP contribution in [0, 0.1) is 0 Å². The quantitative estimate of drug-likeness (QED) is 0.794. The second-order valence-electron chi connectivity index (χ2n) is 2.22. The fourth-order valence-electron chi connectivity index (χ4n) is 0.839. The predicted molar refractivity (Wildman–Crippen MR) is 48.2 cm³/mol. The molecular formula is C8H8ClNO3. The van der Waals surface area contributed by atoms with E-state index in [0.717, 1.165) is 0 Å². The highest BCUT2D eigenvalue weighted by molar-refractivity contribution is 6.30. The van der Waals surface area contributed by atoms with Crippen LogP contribution < -0.4 is 15.2 Å². The van der Waals surface area contributed by atoms with Gasteiger partial charge in [-0.15, -0.1) is 0 Å². The zero-order valence-electron chi connectivity index (χ0n) is 6.91. The lowest BCUT2D eigenvalue weighted by Crippen LogP contribution is -2.16. The Morgan fingerprint density at radius 2 is 2.15 bits per heavy atom. The van der Waals surface area contributed by atoms with Crippen LogP contribution in [0.25, 0.3) is 0 Å². The first kappa shape index (κ1) is 9.67. The standard InChI is InChI=1S/C8H8ClNO3/c1-12-6-3-2-5(9)4-7(6)13-8(10)11/h2-4H,1H3,(H2,10,11). The molecule has 0 saturated heterocycles. The van der Waals surface area contributed by atoms with Crippen molar-refractivity contribution in [2.75, 3.05) is 7.11 Å². The van der Waals surface area contributed by atoms with E-state index in [1.807, 2.05) is 0 Å². The van der Waals surface area contributed by atoms with E-state index < -0.39 is 6.09 Å². The van der Waals surface area contributed by atoms with Crippen LogP contribution in [0.5, 0.6) is 11.5 Å². The summed E-state index contributed by atoms with van der Waals surface area (Å²) in [5.41, 5.74) is 4.84. The highest BCUT2D eigenvalue weighted by Gasteiger charge is 2.07. The Balaban J connectivity index is 3.01. The van der Waals surface area contributed by atoms with Gasteiger partial charge in [-0.25, -0.2) is 4.79 Å². The van der Waals surface area contributed by atoms with Crippen LogP contribution in [-0.2, 0) is 0 Å². The van der Waals surface area contributed by atoms with E-state index in [2.05, 4.69) is 4.74 Å². The molecule has 1 aromatic rings. The van der Waals surface area contributed by atoms with E-state index in [1.165, 1.54) is 13.2 Å². The van der Waals surface area contributed by atoms with Crippen molar-refractivity contribution in [3.8, 4) is 11.5 Å². The SMILES string of the molecule is COc1ccc(Cl)cc1OC(N)=O. The van der Waals surface area contributed by atoms with Crippen molar-refractivity contribution >= 4 is 17.7 Å². The Morgan fingerprint density at radius 3 is 2.69 bits per heavy atom. The van der Waals surface area contributed by atoms with Crippen molar-refractivity contribution in [1.29, 1.82) is 0 Å². The van der Waals surface area contributed by atoms with Crippen molar-refractivity contribution in [3.63, 3.8) is 0 Å². The van der Waals surface area contributed by atoms with E-state index >= 15 is 0 Å². The maximum Gasteiger partial charge on any atom is 0.410 e. The predicted octanol–water partition coefficient (Wildman–Crippen LogP) is 1.81. The number of hydrogen-bond donors (Lipinski definition) is 1. The molecule has 5 heteroatoms. The maximum absolute atomic E-state index is 10.4. The fourth-order valence-corrected chi connectivity index (χ4v) is 1.00. The minimum Gasteiger partial charge on any atom is -0.493 e. The smallest absolute Gasteiger partial charge is 0.410 e. The van der Waals surface area contributed by atoms with Gasteiger partial charge in [0.2, 0.25) is 0 Å². The Hall–Kier alpha value is -1.42. The van der Waals surface area contributed by atoms with Gasteiger partial charge in [0.25, 0.3) is 0 Å². The lowest BCUT2D eigenvalue weighted by molar-refractivity contribution is 0.208. The van der Waals surface area contributed by atoms with Crippen molar-refractivity contribution in [2.45, 2.75) is 0 Å². The average molecular weight is 202 g/mol. The molecule has 0 heterocycles. The number of halogens is 1. The number of carbonyl (C=O) groups is 1. The van der Waals surface area contributed by atoms with Gasteiger partial charge in [0.15, 0.2) is 11.5 Å². The third kappa shape index (κ3) is 2.52. The number of benzene rings is 1. The summed E-state index contributed by atoms with van der Waals surface area (Å²) in [5, 5.41) is 0.442. The molecule has 1 aromatic carbocycles. The van der Waals surface area contributed by atoms with Gasteiger partial charge in [-0.3, -0.25) is 0 Å². The molecule has 0 unspecified atom stereocenters. The molecule has 1 rings (SSSR count). The molecule has 0 spiro atoms. The lowest BCUT2D eigenvalue weighted by Gasteiger charge is -2.06. The Kier molecular flexibility index (Phi) is 2.97. The molecule has 0 saturated carbocycles. The Bertz CT molecular complexity index is 327. The summed E-state index contributed by atoms with van der Waals surface area (Å²) in [6, 6.07) is 4.65. The Labute approximate surface area is 80.2 Å². The molecule has 13 heavy (non-hydrogen) atoms. The summed E-state index contributed by atoms with van der Waals surface area (Å²) in [6.07, 6.45) is -0.902. The topological polar surface area (TPSA) is 61.6 Å². The summed E-state index contributed by atoms with van der Waals surface area (Å²) in [7, 11) is 1.46. The van der Waals surface area contributed by atoms with Crippen molar-refractivity contribution < 1.29 is 14.3 Å². The highest BCUT2D eigenvalue weighted by Crippen LogP contribution is 2.29. The van der Waals surface area contributed by atoms with Gasteiger partial charge in [-0.1, -0.05) is 11.6 Å². The monoisotopic (exact) mass is 201 g/mol. The van der Waals surface area contributed by atoms with E-state index in [-0.39, 0.29) is 5.75 Å². The van der Waals surface area contributed by atoms with Crippen LogP contribution in [0.3, 0.4) is 0 Å². The van der Waals surface area contributed by atoms with Gasteiger partial charge >= 0.3 is 6.09 Å². The van der Waals surface area contributed by atoms with E-state index in [1.54, 1.807) is 12.1 Å². The Morgan fingerprint density at radius 1 is 1.46 bits per heavy atom. The minimum atomic E-state index is -0.902. The molecular weight excluding hydrogens is 194 g/mol. The summed E-state index contributed by atoms with van der Waals surface area (Å²) in [6.45, 7) is 0. The van der Waals surface area contributed by atoms with Crippen molar-refractivity contribution in [1.82, 2.24) is 0 Å². The molecule has 4 nitrogen and oxygen atoms in total. The zero-order valence-corrected chi connectivity index (χ0v) is 7.67. The first-order chi connectivity index (χ1) is 6.13. The first-order valence-electron chi connectivity index (χ1n) is 3.44. The number of ether oxygens (including phenoxy) is 2. The third-order valence-corrected chi connectivity index (χ3v) is 1.57. The second kappa shape index (κ2) is 4.00. The van der Waals surface area contributed by atoms with Crippen molar-refractivity contribution in [2.24, 2.45) is 5.73 Å². The fraction of sp³-hybridized carbons (Fsp3) is 0.125. The number of rotatable bonds is 2. The molecule has 1 amide bonds. The molecule has 0 aliphatic heterocycles. The number of primary amides is 1. The first-order valence-corrected chi connectivity index (χ1v) is 3.82. The van der Waals surface area contributed by atoms with Gasteiger partial charge in [-0.2, -0.15) is 0 Å². The van der Waals surface area contributed by atoms with E-state index in [9.17, 15) is 4.79 Å². The van der Waals surface area contributed by atoms with Crippen LogP contribution >= 0.6 is 11.6 Å². The minimum absolute atomic E-state index is 0.211. The highest BCUT2D eigenvalue weighted by atomic mass is 35.5. The van der Waals surface area contributed by atoms with Crippen LogP contribution in [-0.4, -0.2) is 13.2 Å². The van der Waals surface area contributed by atoms with E-state index in [4.69, 9.17) is 22.1 Å². The number of hydrogen-bond acceptors (Lipinski definition) is 3. The molecule has 0 atom stereocenters. The van der Waals surface area contributed by atoms with Crippen LogP contribution in [0.15, 0.2) is 18.2 Å². The molecule has 0 aromatic heterocycles. The van der Waals surface area contributed by atoms with Crippen molar-refractivity contribution in [3.05, 3.63) is 23.2 Å². The van der Waals surface area contributed by atoms with Crippen LogP contribution in [0.4, 0.5) is 4.79 Å². The van der Waals surface area contributed by atoms with E-state index in [0.29, 0.717) is 10.8 Å². The molecule has 0 aliphatic carbocycles.